The molecule has 9 rings (SSSR count). The molecule has 0 aliphatic rings. The van der Waals surface area contributed by atoms with Crippen LogP contribution in [0.2, 0.25) is 17.3 Å². The fourth-order valence-electron chi connectivity index (χ4n) is 7.08. The van der Waals surface area contributed by atoms with Crippen LogP contribution in [-0.2, 0) is 26.5 Å². The number of benzene rings is 6. The predicted octanol–water partition coefficient (Wildman–Crippen LogP) is 12.7. The maximum absolute atomic E-state index is 8.76. The van der Waals surface area contributed by atoms with Gasteiger partial charge in [-0.3, -0.25) is 4.98 Å². The van der Waals surface area contributed by atoms with Crippen molar-refractivity contribution in [1.29, 1.82) is 0 Å². The minimum absolute atomic E-state index is 0. The summed E-state index contributed by atoms with van der Waals surface area (Å²) in [4.78, 5) is 9.71. The third-order valence-corrected chi connectivity index (χ3v) is 13.8. The molecule has 0 saturated heterocycles. The van der Waals surface area contributed by atoms with Gasteiger partial charge in [-0.2, -0.15) is 0 Å². The van der Waals surface area contributed by atoms with Crippen molar-refractivity contribution < 1.29 is 27.3 Å². The molecule has 0 saturated carbocycles. The Morgan fingerprint density at radius 2 is 1.46 bits per heavy atom. The molecule has 0 N–H and O–H groups in total. The van der Waals surface area contributed by atoms with E-state index in [0.29, 0.717) is 0 Å². The fraction of sp³-hybridized carbons (Fsp3) is 0.160. The topological polar surface area (TPSA) is 43.9 Å². The Hall–Kier alpha value is -5.07. The molecule has 0 spiro atoms. The number of hydrogen-bond acceptors (Lipinski definition) is 3. The molecule has 3 aromatic heterocycles. The van der Waals surface area contributed by atoms with Gasteiger partial charge in [0.1, 0.15) is 5.58 Å². The molecule has 1 radical (unpaired) electrons. The van der Waals surface area contributed by atoms with Gasteiger partial charge >= 0.3 is 135 Å². The molecule has 0 atom stereocenters. The van der Waals surface area contributed by atoms with Crippen LogP contribution in [0.4, 0.5) is 0 Å². The van der Waals surface area contributed by atoms with Gasteiger partial charge in [-0.1, -0.05) is 89.8 Å². The van der Waals surface area contributed by atoms with Gasteiger partial charge in [0, 0.05) is 36.7 Å². The fourth-order valence-corrected chi connectivity index (χ4v) is 10.0. The van der Waals surface area contributed by atoms with Crippen LogP contribution >= 0.6 is 0 Å². The minimum atomic E-state index is -2.24. The molecule has 3 heterocycles. The van der Waals surface area contributed by atoms with Crippen molar-refractivity contribution in [3.05, 3.63) is 169 Å². The van der Waals surface area contributed by atoms with Gasteiger partial charge in [-0.05, 0) is 29.8 Å². The second-order valence-corrected chi connectivity index (χ2v) is 26.4. The smallest absolute Gasteiger partial charge is 0.120 e. The van der Waals surface area contributed by atoms with Crippen LogP contribution in [0.5, 0.6) is 0 Å². The average Bonchev–Trinajstić information content (AvgIpc) is 3.80. The summed E-state index contributed by atoms with van der Waals surface area (Å²) in [6.07, 6.45) is 0.502. The molecule has 0 aliphatic heterocycles. The second kappa shape index (κ2) is 16.2. The zero-order valence-electron chi connectivity index (χ0n) is 34.5. The van der Waals surface area contributed by atoms with Crippen molar-refractivity contribution in [3.8, 4) is 39.5 Å². The molecule has 6 aromatic carbocycles. The van der Waals surface area contributed by atoms with Crippen LogP contribution in [0.1, 0.15) is 29.1 Å². The summed E-state index contributed by atoms with van der Waals surface area (Å²) in [7, 11) is 0. The van der Waals surface area contributed by atoms with Gasteiger partial charge < -0.3 is 8.98 Å². The Kier molecular flexibility index (Phi) is 10.6. The zero-order chi connectivity index (χ0) is 40.0. The number of imidazole rings is 1. The first-order chi connectivity index (χ1) is 27.3. The minimum Gasteiger partial charge on any atom is -0.501 e. The SMILES string of the molecule is [2H]C([2H])(c1cc(-c2[c-]cccc2)nc[c]1[Ge]([CH3])([CH3])[CH3])C(C)(C)C.[Ir].[c-]1ccc2c(oc3ccccc32)c1-c1nc2ccccc2n1-c1ccccc1-c1ccccc1. The van der Waals surface area contributed by atoms with Crippen molar-refractivity contribution in [1.82, 2.24) is 14.5 Å². The summed E-state index contributed by atoms with van der Waals surface area (Å²) >= 11 is -2.24. The van der Waals surface area contributed by atoms with E-state index in [0.717, 1.165) is 82.4 Å². The van der Waals surface area contributed by atoms with Crippen LogP contribution in [0.3, 0.4) is 0 Å². The van der Waals surface area contributed by atoms with Crippen LogP contribution in [0.15, 0.2) is 156 Å². The number of hydrogen-bond donors (Lipinski definition) is 0. The van der Waals surface area contributed by atoms with Crippen LogP contribution in [-0.4, -0.2) is 27.8 Å². The Bertz CT molecular complexity index is 2860. The summed E-state index contributed by atoms with van der Waals surface area (Å²) in [5.74, 6) is 7.67. The molecule has 281 valence electrons. The number of para-hydroxylation sites is 4. The Labute approximate surface area is 349 Å². The maximum Gasteiger partial charge on any atom is 0.120 e. The number of pyridine rings is 1. The molecular formula is C50H45GeIrN3O-2. The molecule has 4 nitrogen and oxygen atoms in total. The van der Waals surface area contributed by atoms with E-state index in [1.165, 1.54) is 0 Å². The molecular weight excluding hydrogens is 923 g/mol. The number of furan rings is 1. The van der Waals surface area contributed by atoms with E-state index in [1.807, 2.05) is 93.7 Å². The van der Waals surface area contributed by atoms with Crippen LogP contribution in [0.25, 0.3) is 72.4 Å². The Balaban J connectivity index is 0.000000188. The second-order valence-electron chi connectivity index (χ2n) is 15.9. The molecule has 0 amide bonds. The van der Waals surface area contributed by atoms with Gasteiger partial charge in [0.2, 0.25) is 0 Å². The maximum atomic E-state index is 8.76. The van der Waals surface area contributed by atoms with Gasteiger partial charge in [0.05, 0.1) is 22.4 Å². The molecule has 0 bridgehead atoms. The summed E-state index contributed by atoms with van der Waals surface area (Å²) < 4.78 is 27.2. The first-order valence-electron chi connectivity index (χ1n) is 19.8. The van der Waals surface area contributed by atoms with Gasteiger partial charge in [0.15, 0.2) is 0 Å². The number of fused-ring (bicyclic) bond motifs is 4. The summed E-state index contributed by atoms with van der Waals surface area (Å²) in [6, 6.07) is 55.7. The van der Waals surface area contributed by atoms with Crippen molar-refractivity contribution in [2.24, 2.45) is 5.41 Å². The largest absolute Gasteiger partial charge is 0.501 e. The molecule has 9 aromatic rings. The summed E-state index contributed by atoms with van der Waals surface area (Å²) in [6.45, 7) is 5.88. The van der Waals surface area contributed by atoms with E-state index in [9.17, 15) is 0 Å². The van der Waals surface area contributed by atoms with E-state index in [4.69, 9.17) is 12.1 Å². The standard InChI is InChI=1S/C31H19N2O.C19H26GeN.Ir/c1-2-11-21(12-3-1)22-13-4-7-18-27(22)33-28-19-8-6-17-26(28)32-31(33)25-16-10-15-24-23-14-5-9-20-29(23)34-30(24)25;1-19(2,3)13-16-12-18(15-10-8-7-9-11-15)21-14-17(16)20(4,5)6;/h1-15,17-20H;7-10,12,14H,13H2,1-6H3;/q2*-1;/i;13D2;. The van der Waals surface area contributed by atoms with E-state index >= 15 is 0 Å². The number of nitrogens with zero attached hydrogens (tertiary/aromatic N) is 3. The van der Waals surface area contributed by atoms with E-state index in [1.54, 1.807) is 0 Å². The third-order valence-electron chi connectivity index (χ3n) is 9.56. The first-order valence-corrected chi connectivity index (χ1v) is 26.1. The average molecular weight is 971 g/mol. The number of rotatable bonds is 6. The van der Waals surface area contributed by atoms with E-state index in [-0.39, 0.29) is 20.1 Å². The van der Waals surface area contributed by atoms with Crippen molar-refractivity contribution in [2.45, 2.75) is 44.4 Å². The molecule has 6 heteroatoms. The normalized spacial score (nSPS) is 12.5. The van der Waals surface area contributed by atoms with Crippen LogP contribution in [0, 0.1) is 17.5 Å². The van der Waals surface area contributed by atoms with E-state index in [2.05, 4.69) is 118 Å². The van der Waals surface area contributed by atoms with Crippen molar-refractivity contribution >= 4 is 50.6 Å². The van der Waals surface area contributed by atoms with Gasteiger partial charge in [0.25, 0.3) is 0 Å². The molecule has 56 heavy (non-hydrogen) atoms. The predicted molar refractivity (Wildman–Crippen MR) is 233 cm³/mol. The third kappa shape index (κ3) is 8.08. The van der Waals surface area contributed by atoms with Gasteiger partial charge in [-0.25, -0.2) is 0 Å². The van der Waals surface area contributed by atoms with E-state index < -0.39 is 25.1 Å². The molecule has 0 aliphatic carbocycles. The first kappa shape index (κ1) is 36.6. The Morgan fingerprint density at radius 3 is 2.23 bits per heavy atom. The monoisotopic (exact) mass is 972 g/mol. The quantitative estimate of drug-likeness (QED) is 0.123. The molecule has 0 unspecified atom stereocenters. The zero-order valence-corrected chi connectivity index (χ0v) is 37.0. The summed E-state index contributed by atoms with van der Waals surface area (Å²) in [5, 5.41) is 2.17. The van der Waals surface area contributed by atoms with Crippen molar-refractivity contribution in [3.63, 3.8) is 0 Å². The van der Waals surface area contributed by atoms with Gasteiger partial charge in [-0.15, -0.1) is 18.2 Å². The van der Waals surface area contributed by atoms with Crippen LogP contribution < -0.4 is 4.40 Å². The summed E-state index contributed by atoms with van der Waals surface area (Å²) in [5.41, 5.74) is 9.90. The van der Waals surface area contributed by atoms with Crippen molar-refractivity contribution in [2.75, 3.05) is 0 Å². The molecule has 0 fully saturated rings. The number of aromatic nitrogens is 3. The Morgan fingerprint density at radius 1 is 0.750 bits per heavy atom.